The van der Waals surface area contributed by atoms with E-state index in [-0.39, 0.29) is 0 Å². The van der Waals surface area contributed by atoms with Crippen LogP contribution in [0.2, 0.25) is 0 Å². The van der Waals surface area contributed by atoms with Crippen LogP contribution in [0.4, 0.5) is 0 Å². The summed E-state index contributed by atoms with van der Waals surface area (Å²) < 4.78 is 15.7. The van der Waals surface area contributed by atoms with Gasteiger partial charge in [0.2, 0.25) is 0 Å². The highest BCUT2D eigenvalue weighted by atomic mass is 16.5. The quantitative estimate of drug-likeness (QED) is 0.605. The third-order valence-corrected chi connectivity index (χ3v) is 3.04. The van der Waals surface area contributed by atoms with Crippen molar-refractivity contribution in [3.63, 3.8) is 0 Å². The van der Waals surface area contributed by atoms with Gasteiger partial charge in [-0.2, -0.15) is 0 Å². The van der Waals surface area contributed by atoms with Crippen molar-refractivity contribution in [1.82, 2.24) is 0 Å². The highest BCUT2D eigenvalue weighted by Gasteiger charge is 2.05. The van der Waals surface area contributed by atoms with Gasteiger partial charge in [-0.3, -0.25) is 0 Å². The van der Waals surface area contributed by atoms with E-state index in [1.54, 1.807) is 19.3 Å². The lowest BCUT2D eigenvalue weighted by Crippen LogP contribution is -1.98. The number of carbonyl (C=O) groups is 1. The Labute approximate surface area is 129 Å². The predicted molar refractivity (Wildman–Crippen MR) is 84.8 cm³/mol. The number of ether oxygens (including phenoxy) is 3. The highest BCUT2D eigenvalue weighted by Crippen LogP contribution is 2.29. The summed E-state index contributed by atoms with van der Waals surface area (Å²) in [5.74, 6) is 0.868. The molecule has 0 aliphatic carbocycles. The van der Waals surface area contributed by atoms with E-state index in [4.69, 9.17) is 9.47 Å². The smallest absolute Gasteiger partial charge is 0.330 e. The van der Waals surface area contributed by atoms with Gasteiger partial charge < -0.3 is 14.2 Å². The molecule has 0 N–H and O–H groups in total. The number of esters is 1. The lowest BCUT2D eigenvalue weighted by atomic mass is 10.2. The summed E-state index contributed by atoms with van der Waals surface area (Å²) in [7, 11) is 2.92. The Bertz CT molecular complexity index is 647. The first-order valence-corrected chi connectivity index (χ1v) is 6.83. The number of benzene rings is 2. The molecule has 0 aliphatic heterocycles. The first-order chi connectivity index (χ1) is 10.7. The molecule has 4 nitrogen and oxygen atoms in total. The van der Waals surface area contributed by atoms with Crippen LogP contribution in [-0.4, -0.2) is 20.2 Å². The first-order valence-electron chi connectivity index (χ1n) is 6.83. The number of hydrogen-bond acceptors (Lipinski definition) is 4. The minimum atomic E-state index is -0.400. The van der Waals surface area contributed by atoms with Crippen molar-refractivity contribution in [2.75, 3.05) is 14.2 Å². The van der Waals surface area contributed by atoms with Gasteiger partial charge in [-0.25, -0.2) is 4.79 Å². The maximum atomic E-state index is 11.1. The highest BCUT2D eigenvalue weighted by molar-refractivity contribution is 5.87. The summed E-state index contributed by atoms with van der Waals surface area (Å²) in [5, 5.41) is 0. The maximum Gasteiger partial charge on any atom is 0.330 e. The average molecular weight is 298 g/mol. The molecule has 0 aromatic heterocycles. The molecule has 0 heterocycles. The molecule has 0 spiro atoms. The van der Waals surface area contributed by atoms with Gasteiger partial charge in [0.1, 0.15) is 6.61 Å². The molecular formula is C18H18O4. The summed E-state index contributed by atoms with van der Waals surface area (Å²) in [6.07, 6.45) is 3.02. The van der Waals surface area contributed by atoms with Crippen LogP contribution in [0.25, 0.3) is 6.08 Å². The summed E-state index contributed by atoms with van der Waals surface area (Å²) in [4.78, 5) is 11.1. The summed E-state index contributed by atoms with van der Waals surface area (Å²) in [6, 6.07) is 15.4. The lowest BCUT2D eigenvalue weighted by molar-refractivity contribution is -0.134. The molecular weight excluding hydrogens is 280 g/mol. The van der Waals surface area contributed by atoms with Gasteiger partial charge in [-0.05, 0) is 29.3 Å². The van der Waals surface area contributed by atoms with Crippen molar-refractivity contribution in [2.24, 2.45) is 0 Å². The maximum absolute atomic E-state index is 11.1. The second-order valence-electron chi connectivity index (χ2n) is 4.54. The molecule has 0 amide bonds. The molecule has 0 saturated heterocycles. The molecule has 0 aliphatic rings. The molecule has 0 bridgehead atoms. The number of rotatable bonds is 6. The van der Waals surface area contributed by atoms with E-state index >= 15 is 0 Å². The zero-order valence-electron chi connectivity index (χ0n) is 12.6. The second-order valence-corrected chi connectivity index (χ2v) is 4.54. The van der Waals surface area contributed by atoms with E-state index in [9.17, 15) is 4.79 Å². The van der Waals surface area contributed by atoms with Gasteiger partial charge in [0, 0.05) is 6.08 Å². The van der Waals surface area contributed by atoms with Crippen LogP contribution in [-0.2, 0) is 16.1 Å². The largest absolute Gasteiger partial charge is 0.493 e. The Morgan fingerprint density at radius 1 is 1.05 bits per heavy atom. The van der Waals surface area contributed by atoms with Gasteiger partial charge >= 0.3 is 5.97 Å². The Hall–Kier alpha value is -2.75. The molecule has 2 aromatic carbocycles. The fourth-order valence-electron chi connectivity index (χ4n) is 1.87. The van der Waals surface area contributed by atoms with E-state index < -0.39 is 5.97 Å². The van der Waals surface area contributed by atoms with Crippen molar-refractivity contribution in [3.8, 4) is 11.5 Å². The van der Waals surface area contributed by atoms with Crippen LogP contribution in [0.1, 0.15) is 11.1 Å². The molecule has 0 radical (unpaired) electrons. The van der Waals surface area contributed by atoms with Gasteiger partial charge in [-0.1, -0.05) is 36.4 Å². The van der Waals surface area contributed by atoms with Gasteiger partial charge in [0.25, 0.3) is 0 Å². The molecule has 0 fully saturated rings. The Morgan fingerprint density at radius 2 is 1.82 bits per heavy atom. The van der Waals surface area contributed by atoms with Crippen LogP contribution in [0.5, 0.6) is 11.5 Å². The van der Waals surface area contributed by atoms with Crippen LogP contribution < -0.4 is 9.47 Å². The summed E-state index contributed by atoms with van der Waals surface area (Å²) in [6.45, 7) is 0.467. The zero-order chi connectivity index (χ0) is 15.8. The SMILES string of the molecule is COC(=O)C=Cc1ccc(OCc2ccccc2)c(OC)c1. The predicted octanol–water partition coefficient (Wildman–Crippen LogP) is 3.46. The monoisotopic (exact) mass is 298 g/mol. The zero-order valence-corrected chi connectivity index (χ0v) is 12.6. The topological polar surface area (TPSA) is 44.8 Å². The molecule has 0 saturated carbocycles. The molecule has 2 aromatic rings. The molecule has 0 unspecified atom stereocenters. The summed E-state index contributed by atoms with van der Waals surface area (Å²) >= 11 is 0. The Kier molecular flexibility index (Phi) is 5.60. The molecule has 114 valence electrons. The molecule has 2 rings (SSSR count). The third-order valence-electron chi connectivity index (χ3n) is 3.04. The fraction of sp³-hybridized carbons (Fsp3) is 0.167. The number of methoxy groups -OCH3 is 2. The van der Waals surface area contributed by atoms with Crippen molar-refractivity contribution in [3.05, 3.63) is 65.7 Å². The van der Waals surface area contributed by atoms with Crippen LogP contribution in [0.3, 0.4) is 0 Å². The van der Waals surface area contributed by atoms with Gasteiger partial charge in [0.05, 0.1) is 14.2 Å². The summed E-state index contributed by atoms with van der Waals surface area (Å²) in [5.41, 5.74) is 1.91. The van der Waals surface area contributed by atoms with Crippen molar-refractivity contribution < 1.29 is 19.0 Å². The Balaban J connectivity index is 2.09. The van der Waals surface area contributed by atoms with E-state index in [0.29, 0.717) is 18.1 Å². The van der Waals surface area contributed by atoms with Crippen molar-refractivity contribution >= 4 is 12.0 Å². The van der Waals surface area contributed by atoms with Gasteiger partial charge in [-0.15, -0.1) is 0 Å². The van der Waals surface area contributed by atoms with Crippen molar-refractivity contribution in [1.29, 1.82) is 0 Å². The molecule has 22 heavy (non-hydrogen) atoms. The lowest BCUT2D eigenvalue weighted by Gasteiger charge is -2.11. The molecule has 0 atom stereocenters. The normalized spacial score (nSPS) is 10.5. The number of carbonyl (C=O) groups excluding carboxylic acids is 1. The van der Waals surface area contributed by atoms with Gasteiger partial charge in [0.15, 0.2) is 11.5 Å². The van der Waals surface area contributed by atoms with E-state index in [1.165, 1.54) is 13.2 Å². The third kappa shape index (κ3) is 4.38. The minimum Gasteiger partial charge on any atom is -0.493 e. The molecule has 4 heteroatoms. The van der Waals surface area contributed by atoms with E-state index in [0.717, 1.165) is 11.1 Å². The first kappa shape index (κ1) is 15.6. The van der Waals surface area contributed by atoms with Crippen LogP contribution in [0, 0.1) is 0 Å². The van der Waals surface area contributed by atoms with Crippen LogP contribution >= 0.6 is 0 Å². The average Bonchev–Trinajstić information content (AvgIpc) is 2.58. The Morgan fingerprint density at radius 3 is 2.50 bits per heavy atom. The minimum absolute atomic E-state index is 0.400. The van der Waals surface area contributed by atoms with Crippen LogP contribution in [0.15, 0.2) is 54.6 Å². The van der Waals surface area contributed by atoms with E-state index in [2.05, 4.69) is 4.74 Å². The van der Waals surface area contributed by atoms with Crippen molar-refractivity contribution in [2.45, 2.75) is 6.61 Å². The number of hydrogen-bond donors (Lipinski definition) is 0. The van der Waals surface area contributed by atoms with E-state index in [1.807, 2.05) is 42.5 Å². The fourth-order valence-corrected chi connectivity index (χ4v) is 1.87. The standard InChI is InChI=1S/C18H18O4/c1-20-17-12-14(9-11-18(19)21-2)8-10-16(17)22-13-15-6-4-3-5-7-15/h3-12H,13H2,1-2H3. The second kappa shape index (κ2) is 7.88.